The van der Waals surface area contributed by atoms with E-state index >= 15 is 0 Å². The molecular weight excluding hydrogens is 331 g/mol. The molecule has 1 amide bonds. The van der Waals surface area contributed by atoms with Gasteiger partial charge in [0.25, 0.3) is 5.91 Å². The van der Waals surface area contributed by atoms with Gasteiger partial charge < -0.3 is 15.0 Å². The molecule has 0 aromatic heterocycles. The van der Waals surface area contributed by atoms with E-state index in [-0.39, 0.29) is 36.1 Å². The fraction of sp³-hybridized carbons (Fsp3) is 0.611. The van der Waals surface area contributed by atoms with Crippen LogP contribution < -0.4 is 5.32 Å². The van der Waals surface area contributed by atoms with E-state index in [0.29, 0.717) is 19.4 Å². The second-order valence-corrected chi connectivity index (χ2v) is 6.74. The smallest absolute Gasteiger partial charge is 0.255 e. The number of hydrogen-bond donors (Lipinski definition) is 1. The summed E-state index contributed by atoms with van der Waals surface area (Å²) in [6.07, 6.45) is 2.34. The van der Waals surface area contributed by atoms with E-state index in [1.54, 1.807) is 7.11 Å². The monoisotopic (exact) mass is 356 g/mol. The molecule has 134 valence electrons. The van der Waals surface area contributed by atoms with Crippen LogP contribution in [0.5, 0.6) is 0 Å². The van der Waals surface area contributed by atoms with Crippen molar-refractivity contribution in [2.24, 2.45) is 0 Å². The molecule has 24 heavy (non-hydrogen) atoms. The maximum atomic E-state index is 13.1. The zero-order valence-corrected chi connectivity index (χ0v) is 15.1. The molecule has 2 aliphatic heterocycles. The van der Waals surface area contributed by atoms with Gasteiger partial charge >= 0.3 is 0 Å². The van der Waals surface area contributed by atoms with Gasteiger partial charge in [-0.3, -0.25) is 4.79 Å². The van der Waals surface area contributed by atoms with Crippen LogP contribution in [0.1, 0.15) is 37.7 Å². The SMILES string of the molecule is COC1(C(=O)N2CC(c3ccc(F)cc3)CC2C)CCNCC1.Cl. The first kappa shape index (κ1) is 19.2. The lowest BCUT2D eigenvalue weighted by atomic mass is 9.90. The molecule has 2 atom stereocenters. The molecule has 0 bridgehead atoms. The number of amides is 1. The molecule has 3 rings (SSSR count). The highest BCUT2D eigenvalue weighted by atomic mass is 35.5. The molecule has 6 heteroatoms. The van der Waals surface area contributed by atoms with Crippen LogP contribution in [0.25, 0.3) is 0 Å². The number of carbonyl (C=O) groups excluding carboxylic acids is 1. The van der Waals surface area contributed by atoms with Crippen LogP contribution in [0, 0.1) is 5.82 Å². The van der Waals surface area contributed by atoms with Crippen LogP contribution >= 0.6 is 12.4 Å². The minimum atomic E-state index is -0.683. The van der Waals surface area contributed by atoms with Gasteiger partial charge in [-0.25, -0.2) is 4.39 Å². The zero-order valence-electron chi connectivity index (χ0n) is 14.3. The van der Waals surface area contributed by atoms with Gasteiger partial charge in [-0.15, -0.1) is 12.4 Å². The molecule has 2 heterocycles. The number of methoxy groups -OCH3 is 1. The Balaban J connectivity index is 0.00000208. The van der Waals surface area contributed by atoms with Crippen LogP contribution in [-0.2, 0) is 9.53 Å². The van der Waals surface area contributed by atoms with Crippen LogP contribution in [0.3, 0.4) is 0 Å². The highest BCUT2D eigenvalue weighted by Gasteiger charge is 2.46. The summed E-state index contributed by atoms with van der Waals surface area (Å²) in [5, 5.41) is 3.28. The standard InChI is InChI=1S/C18H25FN2O2.ClH/c1-13-11-15(14-3-5-16(19)6-4-14)12-21(13)17(22)18(23-2)7-9-20-10-8-18;/h3-6,13,15,20H,7-12H2,1-2H3;1H. The first-order chi connectivity index (χ1) is 11.1. The van der Waals surface area contributed by atoms with E-state index in [4.69, 9.17) is 4.74 Å². The summed E-state index contributed by atoms with van der Waals surface area (Å²) in [6.45, 7) is 4.39. The third kappa shape index (κ3) is 3.58. The highest BCUT2D eigenvalue weighted by Crippen LogP contribution is 2.35. The second kappa shape index (κ2) is 7.81. The topological polar surface area (TPSA) is 41.6 Å². The number of carbonyl (C=O) groups is 1. The van der Waals surface area contributed by atoms with Gasteiger partial charge in [0, 0.05) is 25.6 Å². The average Bonchev–Trinajstić information content (AvgIpc) is 2.97. The molecule has 0 saturated carbocycles. The molecule has 1 aromatic carbocycles. The van der Waals surface area contributed by atoms with Gasteiger partial charge in [0.2, 0.25) is 0 Å². The number of rotatable bonds is 3. The number of nitrogens with zero attached hydrogens (tertiary/aromatic N) is 1. The molecule has 2 aliphatic rings. The Morgan fingerprint density at radius 3 is 2.50 bits per heavy atom. The minimum Gasteiger partial charge on any atom is -0.368 e. The zero-order chi connectivity index (χ0) is 16.4. The number of piperidine rings is 1. The Bertz CT molecular complexity index is 561. The normalized spacial score (nSPS) is 26.0. The average molecular weight is 357 g/mol. The quantitative estimate of drug-likeness (QED) is 0.905. The summed E-state index contributed by atoms with van der Waals surface area (Å²) in [6, 6.07) is 6.83. The lowest BCUT2D eigenvalue weighted by molar-refractivity contribution is -0.159. The molecule has 0 radical (unpaired) electrons. The van der Waals surface area contributed by atoms with Gasteiger partial charge in [0.1, 0.15) is 11.4 Å². The van der Waals surface area contributed by atoms with Crippen LogP contribution in [-0.4, -0.2) is 49.2 Å². The number of hydrogen-bond acceptors (Lipinski definition) is 3. The summed E-state index contributed by atoms with van der Waals surface area (Å²) in [4.78, 5) is 15.1. The van der Waals surface area contributed by atoms with Crippen molar-refractivity contribution in [1.29, 1.82) is 0 Å². The molecule has 1 aromatic rings. The predicted octanol–water partition coefficient (Wildman–Crippen LogP) is 2.72. The van der Waals surface area contributed by atoms with E-state index in [9.17, 15) is 9.18 Å². The van der Waals surface area contributed by atoms with E-state index in [0.717, 1.165) is 25.1 Å². The van der Waals surface area contributed by atoms with Gasteiger partial charge in [0.15, 0.2) is 0 Å². The van der Waals surface area contributed by atoms with Crippen LogP contribution in [0.4, 0.5) is 4.39 Å². The summed E-state index contributed by atoms with van der Waals surface area (Å²) in [5.41, 5.74) is 0.419. The van der Waals surface area contributed by atoms with Crippen LogP contribution in [0.2, 0.25) is 0 Å². The molecule has 1 N–H and O–H groups in total. The Hall–Kier alpha value is -1.17. The molecule has 4 nitrogen and oxygen atoms in total. The Morgan fingerprint density at radius 1 is 1.29 bits per heavy atom. The van der Waals surface area contributed by atoms with Gasteiger partial charge in [-0.1, -0.05) is 12.1 Å². The van der Waals surface area contributed by atoms with Gasteiger partial charge in [0.05, 0.1) is 0 Å². The molecule has 0 spiro atoms. The fourth-order valence-electron chi connectivity index (χ4n) is 3.89. The lowest BCUT2D eigenvalue weighted by Crippen LogP contribution is -2.56. The third-order valence-corrected chi connectivity index (χ3v) is 5.37. The number of likely N-dealkylation sites (tertiary alicyclic amines) is 1. The van der Waals surface area contributed by atoms with Gasteiger partial charge in [-0.05, 0) is 57.0 Å². The Labute approximate surface area is 149 Å². The summed E-state index contributed by atoms with van der Waals surface area (Å²) >= 11 is 0. The van der Waals surface area contributed by atoms with E-state index in [1.165, 1.54) is 12.1 Å². The molecule has 2 fully saturated rings. The maximum absolute atomic E-state index is 13.1. The molecule has 0 aliphatic carbocycles. The van der Waals surface area contributed by atoms with Crippen molar-refractivity contribution >= 4 is 18.3 Å². The van der Waals surface area contributed by atoms with Crippen LogP contribution in [0.15, 0.2) is 24.3 Å². The van der Waals surface area contributed by atoms with Crippen molar-refractivity contribution in [1.82, 2.24) is 10.2 Å². The Kier molecular flexibility index (Phi) is 6.23. The van der Waals surface area contributed by atoms with E-state index in [2.05, 4.69) is 12.2 Å². The first-order valence-electron chi connectivity index (χ1n) is 8.38. The maximum Gasteiger partial charge on any atom is 0.255 e. The first-order valence-corrected chi connectivity index (χ1v) is 8.38. The third-order valence-electron chi connectivity index (χ3n) is 5.37. The van der Waals surface area contributed by atoms with Crippen molar-refractivity contribution in [3.8, 4) is 0 Å². The Morgan fingerprint density at radius 2 is 1.92 bits per heavy atom. The second-order valence-electron chi connectivity index (χ2n) is 6.74. The molecule has 2 saturated heterocycles. The minimum absolute atomic E-state index is 0. The number of benzene rings is 1. The fourth-order valence-corrected chi connectivity index (χ4v) is 3.89. The largest absolute Gasteiger partial charge is 0.368 e. The highest BCUT2D eigenvalue weighted by molar-refractivity contribution is 5.86. The van der Waals surface area contributed by atoms with Crippen molar-refractivity contribution in [2.75, 3.05) is 26.7 Å². The summed E-state index contributed by atoms with van der Waals surface area (Å²) < 4.78 is 18.8. The molecular formula is C18H26ClFN2O2. The van der Waals surface area contributed by atoms with Crippen molar-refractivity contribution < 1.29 is 13.9 Å². The number of halogens is 2. The number of ether oxygens (including phenoxy) is 1. The van der Waals surface area contributed by atoms with Crippen molar-refractivity contribution in [3.05, 3.63) is 35.6 Å². The summed E-state index contributed by atoms with van der Waals surface area (Å²) in [5.74, 6) is 0.157. The van der Waals surface area contributed by atoms with Gasteiger partial charge in [-0.2, -0.15) is 0 Å². The van der Waals surface area contributed by atoms with E-state index < -0.39 is 5.60 Å². The van der Waals surface area contributed by atoms with Crippen molar-refractivity contribution in [3.63, 3.8) is 0 Å². The predicted molar refractivity (Wildman–Crippen MR) is 94.0 cm³/mol. The summed E-state index contributed by atoms with van der Waals surface area (Å²) in [7, 11) is 1.64. The number of nitrogens with one attached hydrogen (secondary N) is 1. The van der Waals surface area contributed by atoms with Crippen molar-refractivity contribution in [2.45, 2.75) is 43.7 Å². The molecule has 2 unspecified atom stereocenters. The van der Waals surface area contributed by atoms with E-state index in [1.807, 2.05) is 17.0 Å². The lowest BCUT2D eigenvalue weighted by Gasteiger charge is -2.39.